The van der Waals surface area contributed by atoms with Crippen molar-refractivity contribution >= 4 is 5.78 Å². The maximum Gasteiger partial charge on any atom is 0.573 e. The Balaban J connectivity index is 2.08. The maximum atomic E-state index is 12.3. The Kier molecular flexibility index (Phi) is 4.17. The summed E-state index contributed by atoms with van der Waals surface area (Å²) in [6.45, 7) is 2.06. The van der Waals surface area contributed by atoms with Gasteiger partial charge >= 0.3 is 6.36 Å². The molecule has 1 aliphatic carbocycles. The first kappa shape index (κ1) is 14.6. The number of carbonyl (C=O) groups is 1. The van der Waals surface area contributed by atoms with Gasteiger partial charge in [-0.15, -0.1) is 13.2 Å². The van der Waals surface area contributed by atoms with Gasteiger partial charge in [0.05, 0.1) is 0 Å². The van der Waals surface area contributed by atoms with Crippen LogP contribution in [-0.4, -0.2) is 31.0 Å². The molecule has 0 amide bonds. The van der Waals surface area contributed by atoms with Crippen LogP contribution in [0.1, 0.15) is 13.3 Å². The Bertz CT molecular complexity index is 487. The summed E-state index contributed by atoms with van der Waals surface area (Å²) in [6, 6.07) is 5.43. The van der Waals surface area contributed by atoms with Crippen LogP contribution in [0.3, 0.4) is 0 Å². The molecule has 20 heavy (non-hydrogen) atoms. The van der Waals surface area contributed by atoms with Crippen molar-refractivity contribution < 1.29 is 32.2 Å². The SMILES string of the molecule is CCOC1C(=O)CC1Oc1ccccc1OC(F)(F)F. The molecule has 0 N–H and O–H groups in total. The average Bonchev–Trinajstić information content (AvgIpc) is 2.36. The van der Waals surface area contributed by atoms with Gasteiger partial charge in [0.2, 0.25) is 0 Å². The fourth-order valence-corrected chi connectivity index (χ4v) is 1.87. The lowest BCUT2D eigenvalue weighted by molar-refractivity contribution is -0.275. The lowest BCUT2D eigenvalue weighted by atomic mass is 9.90. The molecule has 0 radical (unpaired) electrons. The average molecular weight is 290 g/mol. The monoisotopic (exact) mass is 290 g/mol. The van der Waals surface area contributed by atoms with Gasteiger partial charge in [-0.1, -0.05) is 12.1 Å². The molecule has 1 aromatic rings. The van der Waals surface area contributed by atoms with E-state index in [1.165, 1.54) is 18.2 Å². The van der Waals surface area contributed by atoms with E-state index in [9.17, 15) is 18.0 Å². The first-order valence-corrected chi connectivity index (χ1v) is 6.06. The number of hydrogen-bond acceptors (Lipinski definition) is 4. The lowest BCUT2D eigenvalue weighted by Crippen LogP contribution is -2.52. The first-order chi connectivity index (χ1) is 9.40. The van der Waals surface area contributed by atoms with Crippen LogP contribution in [0.15, 0.2) is 24.3 Å². The minimum absolute atomic E-state index is 0.0629. The molecule has 2 unspecified atom stereocenters. The number of Topliss-reactive ketones (excluding diaryl/α,β-unsaturated/α-hetero) is 1. The number of alkyl halides is 3. The zero-order valence-electron chi connectivity index (χ0n) is 10.6. The van der Waals surface area contributed by atoms with E-state index < -0.39 is 24.3 Å². The van der Waals surface area contributed by atoms with Crippen LogP contribution in [-0.2, 0) is 9.53 Å². The van der Waals surface area contributed by atoms with Gasteiger partial charge in [0.15, 0.2) is 23.4 Å². The molecular weight excluding hydrogens is 277 g/mol. The summed E-state index contributed by atoms with van der Waals surface area (Å²) in [4.78, 5) is 11.3. The van der Waals surface area contributed by atoms with Crippen molar-refractivity contribution in [3.8, 4) is 11.5 Å². The number of hydrogen-bond donors (Lipinski definition) is 0. The molecule has 1 fully saturated rings. The highest BCUT2D eigenvalue weighted by molar-refractivity contribution is 5.90. The number of carbonyl (C=O) groups excluding carboxylic acids is 1. The Morgan fingerprint density at radius 1 is 1.25 bits per heavy atom. The molecule has 1 aliphatic rings. The molecule has 0 heterocycles. The molecular formula is C13H13F3O4. The van der Waals surface area contributed by atoms with Crippen LogP contribution in [0.2, 0.25) is 0 Å². The van der Waals surface area contributed by atoms with E-state index >= 15 is 0 Å². The molecule has 4 nitrogen and oxygen atoms in total. The third kappa shape index (κ3) is 3.41. The molecule has 110 valence electrons. The lowest BCUT2D eigenvalue weighted by Gasteiger charge is -2.34. The zero-order valence-corrected chi connectivity index (χ0v) is 10.6. The second kappa shape index (κ2) is 5.70. The maximum absolute atomic E-state index is 12.3. The van der Waals surface area contributed by atoms with Gasteiger partial charge in [-0.25, -0.2) is 0 Å². The van der Waals surface area contributed by atoms with Crippen molar-refractivity contribution in [3.05, 3.63) is 24.3 Å². The topological polar surface area (TPSA) is 44.8 Å². The predicted octanol–water partition coefficient (Wildman–Crippen LogP) is 2.71. The summed E-state index contributed by atoms with van der Waals surface area (Å²) in [5.74, 6) is -0.618. The van der Waals surface area contributed by atoms with Crippen molar-refractivity contribution in [3.63, 3.8) is 0 Å². The van der Waals surface area contributed by atoms with Gasteiger partial charge in [-0.2, -0.15) is 0 Å². The van der Waals surface area contributed by atoms with E-state index in [1.54, 1.807) is 6.92 Å². The number of ketones is 1. The Labute approximate surface area is 113 Å². The van der Waals surface area contributed by atoms with Crippen LogP contribution in [0.5, 0.6) is 11.5 Å². The van der Waals surface area contributed by atoms with E-state index in [-0.39, 0.29) is 18.0 Å². The molecule has 1 aromatic carbocycles. The van der Waals surface area contributed by atoms with Gasteiger partial charge in [0, 0.05) is 13.0 Å². The summed E-state index contributed by atoms with van der Waals surface area (Å²) < 4.78 is 51.2. The standard InChI is InChI=1S/C13H13F3O4/c1-2-18-12-8(17)7-11(12)19-9-5-3-4-6-10(9)20-13(14,15)16/h3-6,11-12H,2,7H2,1H3. The first-order valence-electron chi connectivity index (χ1n) is 6.06. The highest BCUT2D eigenvalue weighted by Gasteiger charge is 2.43. The van der Waals surface area contributed by atoms with Crippen LogP contribution >= 0.6 is 0 Å². The summed E-state index contributed by atoms with van der Waals surface area (Å²) >= 11 is 0. The van der Waals surface area contributed by atoms with E-state index in [1.807, 2.05) is 0 Å². The van der Waals surface area contributed by atoms with Crippen molar-refractivity contribution in [2.75, 3.05) is 6.61 Å². The van der Waals surface area contributed by atoms with Gasteiger partial charge in [-0.05, 0) is 19.1 Å². The minimum Gasteiger partial charge on any atom is -0.483 e. The molecule has 7 heteroatoms. The molecule has 0 bridgehead atoms. The number of ether oxygens (including phenoxy) is 3. The molecule has 0 aliphatic heterocycles. The molecule has 2 atom stereocenters. The zero-order chi connectivity index (χ0) is 14.8. The third-order valence-electron chi connectivity index (χ3n) is 2.76. The highest BCUT2D eigenvalue weighted by Crippen LogP contribution is 2.35. The van der Waals surface area contributed by atoms with Crippen molar-refractivity contribution in [1.82, 2.24) is 0 Å². The smallest absolute Gasteiger partial charge is 0.483 e. The van der Waals surface area contributed by atoms with Crippen molar-refractivity contribution in [1.29, 1.82) is 0 Å². The number of halogens is 3. The second-order valence-electron chi connectivity index (χ2n) is 4.20. The summed E-state index contributed by atoms with van der Waals surface area (Å²) in [5, 5.41) is 0. The molecule has 0 saturated heterocycles. The second-order valence-corrected chi connectivity index (χ2v) is 4.20. The largest absolute Gasteiger partial charge is 0.573 e. The summed E-state index contributed by atoms with van der Waals surface area (Å²) in [6.07, 6.45) is -5.99. The number of para-hydroxylation sites is 2. The number of rotatable bonds is 5. The third-order valence-corrected chi connectivity index (χ3v) is 2.76. The van der Waals surface area contributed by atoms with Gasteiger partial charge in [0.25, 0.3) is 0 Å². The summed E-state index contributed by atoms with van der Waals surface area (Å²) in [5.41, 5.74) is 0. The highest BCUT2D eigenvalue weighted by atomic mass is 19.4. The van der Waals surface area contributed by atoms with E-state index in [4.69, 9.17) is 9.47 Å². The molecule has 0 spiro atoms. The van der Waals surface area contributed by atoms with E-state index in [2.05, 4.69) is 4.74 Å². The van der Waals surface area contributed by atoms with Crippen LogP contribution in [0.25, 0.3) is 0 Å². The van der Waals surface area contributed by atoms with Crippen molar-refractivity contribution in [2.24, 2.45) is 0 Å². The predicted molar refractivity (Wildman–Crippen MR) is 62.6 cm³/mol. The van der Waals surface area contributed by atoms with Gasteiger partial charge in [-0.3, -0.25) is 4.79 Å². The molecule has 1 saturated carbocycles. The van der Waals surface area contributed by atoms with Crippen molar-refractivity contribution in [2.45, 2.75) is 31.9 Å². The van der Waals surface area contributed by atoms with Crippen LogP contribution in [0, 0.1) is 0 Å². The summed E-state index contributed by atoms with van der Waals surface area (Å²) in [7, 11) is 0. The normalized spacial score (nSPS) is 22.3. The molecule has 0 aromatic heterocycles. The van der Waals surface area contributed by atoms with Gasteiger partial charge < -0.3 is 14.2 Å². The number of benzene rings is 1. The van der Waals surface area contributed by atoms with E-state index in [0.29, 0.717) is 6.61 Å². The van der Waals surface area contributed by atoms with Crippen LogP contribution in [0.4, 0.5) is 13.2 Å². The van der Waals surface area contributed by atoms with Gasteiger partial charge in [0.1, 0.15) is 6.10 Å². The quantitative estimate of drug-likeness (QED) is 0.836. The molecule has 2 rings (SSSR count). The fraction of sp³-hybridized carbons (Fsp3) is 0.462. The fourth-order valence-electron chi connectivity index (χ4n) is 1.87. The Morgan fingerprint density at radius 2 is 1.90 bits per heavy atom. The Hall–Kier alpha value is -1.76. The van der Waals surface area contributed by atoms with Crippen LogP contribution < -0.4 is 9.47 Å². The van der Waals surface area contributed by atoms with E-state index in [0.717, 1.165) is 6.07 Å². The Morgan fingerprint density at radius 3 is 2.45 bits per heavy atom. The minimum atomic E-state index is -4.80.